The standard InChI is InChI=1S/C13H18O2S/c1-11-7-3-4-9-13(11)16(15)10-6-5-8-12(2)14/h3-4,7,9H,5-6,8,10H2,1-2H3. The lowest BCUT2D eigenvalue weighted by Crippen LogP contribution is -2.01. The van der Waals surface area contributed by atoms with Gasteiger partial charge in [-0.25, -0.2) is 0 Å². The van der Waals surface area contributed by atoms with Crippen molar-refractivity contribution in [1.29, 1.82) is 0 Å². The van der Waals surface area contributed by atoms with Crippen LogP contribution < -0.4 is 0 Å². The molecule has 0 aliphatic carbocycles. The summed E-state index contributed by atoms with van der Waals surface area (Å²) in [6, 6.07) is 7.75. The third kappa shape index (κ3) is 4.27. The number of Topliss-reactive ketones (excluding diaryl/α,β-unsaturated/α-hetero) is 1. The Morgan fingerprint density at radius 2 is 1.94 bits per heavy atom. The topological polar surface area (TPSA) is 34.1 Å². The Balaban J connectivity index is 2.41. The molecule has 0 N–H and O–H groups in total. The number of hydrogen-bond acceptors (Lipinski definition) is 2. The summed E-state index contributed by atoms with van der Waals surface area (Å²) in [5.74, 6) is 0.861. The average Bonchev–Trinajstić information content (AvgIpc) is 2.24. The van der Waals surface area contributed by atoms with Crippen LogP contribution in [-0.4, -0.2) is 15.7 Å². The van der Waals surface area contributed by atoms with Crippen LogP contribution in [0.25, 0.3) is 0 Å². The van der Waals surface area contributed by atoms with E-state index in [1.54, 1.807) is 6.92 Å². The van der Waals surface area contributed by atoms with Gasteiger partial charge in [0, 0.05) is 17.1 Å². The highest BCUT2D eigenvalue weighted by Crippen LogP contribution is 2.13. The molecule has 1 aromatic rings. The minimum Gasteiger partial charge on any atom is -0.300 e. The Kier molecular flexibility index (Phi) is 5.39. The van der Waals surface area contributed by atoms with Crippen LogP contribution in [0.3, 0.4) is 0 Å². The van der Waals surface area contributed by atoms with E-state index in [2.05, 4.69) is 0 Å². The Labute approximate surface area is 99.5 Å². The zero-order valence-corrected chi connectivity index (χ0v) is 10.7. The molecule has 88 valence electrons. The smallest absolute Gasteiger partial charge is 0.129 e. The van der Waals surface area contributed by atoms with E-state index in [9.17, 15) is 9.00 Å². The number of carbonyl (C=O) groups is 1. The number of aryl methyl sites for hydroxylation is 1. The molecule has 2 nitrogen and oxygen atoms in total. The molecule has 0 heterocycles. The van der Waals surface area contributed by atoms with E-state index >= 15 is 0 Å². The maximum atomic E-state index is 11.9. The number of unbranched alkanes of at least 4 members (excludes halogenated alkanes) is 1. The van der Waals surface area contributed by atoms with E-state index in [1.807, 2.05) is 31.2 Å². The van der Waals surface area contributed by atoms with Gasteiger partial charge in [-0.15, -0.1) is 0 Å². The Bertz CT molecular complexity index is 385. The lowest BCUT2D eigenvalue weighted by Gasteiger charge is -2.04. The minimum atomic E-state index is -0.921. The summed E-state index contributed by atoms with van der Waals surface area (Å²) < 4.78 is 11.9. The van der Waals surface area contributed by atoms with Crippen LogP contribution >= 0.6 is 0 Å². The quantitative estimate of drug-likeness (QED) is 0.714. The first-order valence-corrected chi connectivity index (χ1v) is 6.86. The zero-order chi connectivity index (χ0) is 12.0. The highest BCUT2D eigenvalue weighted by Gasteiger charge is 2.06. The second kappa shape index (κ2) is 6.59. The van der Waals surface area contributed by atoms with Crippen molar-refractivity contribution >= 4 is 16.6 Å². The molecule has 3 heteroatoms. The number of rotatable bonds is 6. The van der Waals surface area contributed by atoms with Crippen molar-refractivity contribution in [2.24, 2.45) is 0 Å². The summed E-state index contributed by atoms with van der Waals surface area (Å²) >= 11 is 0. The fraction of sp³-hybridized carbons (Fsp3) is 0.462. The highest BCUT2D eigenvalue weighted by atomic mass is 32.2. The predicted molar refractivity (Wildman–Crippen MR) is 67.0 cm³/mol. The summed E-state index contributed by atoms with van der Waals surface area (Å²) in [5.41, 5.74) is 1.08. The van der Waals surface area contributed by atoms with Gasteiger partial charge in [0.1, 0.15) is 5.78 Å². The van der Waals surface area contributed by atoms with E-state index in [1.165, 1.54) is 0 Å². The first-order valence-electron chi connectivity index (χ1n) is 5.54. The fourth-order valence-corrected chi connectivity index (χ4v) is 2.87. The molecule has 0 amide bonds. The molecule has 0 bridgehead atoms. The monoisotopic (exact) mass is 238 g/mol. The number of carbonyl (C=O) groups excluding carboxylic acids is 1. The van der Waals surface area contributed by atoms with E-state index in [0.717, 1.165) is 23.3 Å². The molecule has 0 radical (unpaired) electrons. The van der Waals surface area contributed by atoms with Gasteiger partial charge in [0.05, 0.1) is 10.8 Å². The van der Waals surface area contributed by atoms with E-state index in [0.29, 0.717) is 12.2 Å². The second-order valence-corrected chi connectivity index (χ2v) is 5.51. The van der Waals surface area contributed by atoms with Crippen molar-refractivity contribution in [3.63, 3.8) is 0 Å². The molecule has 16 heavy (non-hydrogen) atoms. The largest absolute Gasteiger partial charge is 0.300 e. The maximum Gasteiger partial charge on any atom is 0.129 e. The van der Waals surface area contributed by atoms with E-state index in [4.69, 9.17) is 0 Å². The average molecular weight is 238 g/mol. The van der Waals surface area contributed by atoms with Gasteiger partial charge >= 0.3 is 0 Å². The lowest BCUT2D eigenvalue weighted by atomic mass is 10.2. The summed E-state index contributed by atoms with van der Waals surface area (Å²) in [6.45, 7) is 3.57. The van der Waals surface area contributed by atoms with Crippen LogP contribution in [0.4, 0.5) is 0 Å². The van der Waals surface area contributed by atoms with Crippen LogP contribution in [-0.2, 0) is 15.6 Å². The molecule has 0 fully saturated rings. The lowest BCUT2D eigenvalue weighted by molar-refractivity contribution is -0.117. The molecule has 0 spiro atoms. The van der Waals surface area contributed by atoms with Gasteiger partial charge in [0.15, 0.2) is 0 Å². The van der Waals surface area contributed by atoms with Gasteiger partial charge in [-0.05, 0) is 38.3 Å². The Morgan fingerprint density at radius 1 is 1.25 bits per heavy atom. The molecule has 1 aromatic carbocycles. The Morgan fingerprint density at radius 3 is 2.56 bits per heavy atom. The summed E-state index contributed by atoms with van der Waals surface area (Å²) in [4.78, 5) is 11.7. The Hall–Kier alpha value is -0.960. The first kappa shape index (κ1) is 13.1. The predicted octanol–water partition coefficient (Wildman–Crippen LogP) is 2.86. The molecule has 0 aromatic heterocycles. The molecular weight excluding hydrogens is 220 g/mol. The van der Waals surface area contributed by atoms with Crippen molar-refractivity contribution in [3.8, 4) is 0 Å². The zero-order valence-electron chi connectivity index (χ0n) is 9.86. The fourth-order valence-electron chi connectivity index (χ4n) is 1.53. The van der Waals surface area contributed by atoms with Crippen molar-refractivity contribution in [3.05, 3.63) is 29.8 Å². The van der Waals surface area contributed by atoms with Crippen LogP contribution in [0.2, 0.25) is 0 Å². The number of hydrogen-bond donors (Lipinski definition) is 0. The van der Waals surface area contributed by atoms with Crippen molar-refractivity contribution in [2.45, 2.75) is 38.0 Å². The SMILES string of the molecule is CC(=O)CCCCS(=O)c1ccccc1C. The highest BCUT2D eigenvalue weighted by molar-refractivity contribution is 7.85. The van der Waals surface area contributed by atoms with Crippen molar-refractivity contribution in [1.82, 2.24) is 0 Å². The number of ketones is 1. The first-order chi connectivity index (χ1) is 7.61. The van der Waals surface area contributed by atoms with Crippen molar-refractivity contribution < 1.29 is 9.00 Å². The summed E-state index contributed by atoms with van der Waals surface area (Å²) in [7, 11) is -0.921. The maximum absolute atomic E-state index is 11.9. The van der Waals surface area contributed by atoms with Gasteiger partial charge < -0.3 is 4.79 Å². The molecule has 0 saturated heterocycles. The van der Waals surface area contributed by atoms with Crippen LogP contribution in [0.5, 0.6) is 0 Å². The summed E-state index contributed by atoms with van der Waals surface area (Å²) in [6.07, 6.45) is 2.29. The minimum absolute atomic E-state index is 0.210. The molecule has 0 aliphatic rings. The third-order valence-corrected chi connectivity index (χ3v) is 4.06. The molecule has 0 aliphatic heterocycles. The molecule has 0 saturated carbocycles. The van der Waals surface area contributed by atoms with Gasteiger partial charge in [0.25, 0.3) is 0 Å². The summed E-state index contributed by atoms with van der Waals surface area (Å²) in [5, 5.41) is 0. The van der Waals surface area contributed by atoms with Gasteiger partial charge in [-0.2, -0.15) is 0 Å². The van der Waals surface area contributed by atoms with Gasteiger partial charge in [-0.1, -0.05) is 18.2 Å². The van der Waals surface area contributed by atoms with Crippen LogP contribution in [0.15, 0.2) is 29.2 Å². The van der Waals surface area contributed by atoms with Crippen LogP contribution in [0.1, 0.15) is 31.7 Å². The molecule has 1 unspecified atom stereocenters. The van der Waals surface area contributed by atoms with Gasteiger partial charge in [0.2, 0.25) is 0 Å². The molecule has 1 rings (SSSR count). The van der Waals surface area contributed by atoms with Gasteiger partial charge in [-0.3, -0.25) is 4.21 Å². The molecule has 1 atom stereocenters. The van der Waals surface area contributed by atoms with Crippen molar-refractivity contribution in [2.75, 3.05) is 5.75 Å². The van der Waals surface area contributed by atoms with E-state index < -0.39 is 10.8 Å². The third-order valence-electron chi connectivity index (χ3n) is 2.45. The normalized spacial score (nSPS) is 12.4. The molecular formula is C13H18O2S. The van der Waals surface area contributed by atoms with E-state index in [-0.39, 0.29) is 5.78 Å². The number of benzene rings is 1. The van der Waals surface area contributed by atoms with Crippen LogP contribution in [0, 0.1) is 6.92 Å². The second-order valence-electron chi connectivity index (χ2n) is 3.97.